The quantitative estimate of drug-likeness (QED) is 0.511. The highest BCUT2D eigenvalue weighted by Gasteiger charge is 2.21. The third-order valence-electron chi connectivity index (χ3n) is 3.59. The average Bonchev–Trinajstić information content (AvgIpc) is 2.68. The number of anilines is 1. The van der Waals surface area contributed by atoms with Crippen LogP contribution in [0.15, 0.2) is 47.4 Å². The molecule has 2 rings (SSSR count). The first-order valence-corrected chi connectivity index (χ1v) is 10.00. The van der Waals surface area contributed by atoms with Crippen LogP contribution in [0.5, 0.6) is 0 Å². The van der Waals surface area contributed by atoms with Gasteiger partial charge in [0.05, 0.1) is 27.7 Å². The van der Waals surface area contributed by atoms with Crippen LogP contribution in [-0.2, 0) is 19.6 Å². The van der Waals surface area contributed by atoms with Crippen LogP contribution in [0.1, 0.15) is 17.3 Å². The van der Waals surface area contributed by atoms with Gasteiger partial charge in [0.1, 0.15) is 5.82 Å². The summed E-state index contributed by atoms with van der Waals surface area (Å²) in [7, 11) is -3.90. The maximum absolute atomic E-state index is 13.1. The number of benzene rings is 2. The Hall–Kier alpha value is -2.93. The second-order valence-corrected chi connectivity index (χ2v) is 7.89. The van der Waals surface area contributed by atoms with Gasteiger partial charge in [-0.2, -0.15) is 4.72 Å². The zero-order chi connectivity index (χ0) is 21.6. The number of hydrogen-bond acceptors (Lipinski definition) is 5. The lowest BCUT2D eigenvalue weighted by Gasteiger charge is -2.14. The number of rotatable bonds is 7. The molecule has 1 unspecified atom stereocenters. The van der Waals surface area contributed by atoms with E-state index in [1.807, 2.05) is 0 Å². The maximum Gasteiger partial charge on any atom is 0.338 e. The van der Waals surface area contributed by atoms with E-state index in [-0.39, 0.29) is 27.7 Å². The third-order valence-corrected chi connectivity index (χ3v) is 5.30. The van der Waals surface area contributed by atoms with Crippen LogP contribution in [-0.4, -0.2) is 32.9 Å². The number of sulfonamides is 1. The fraction of sp³-hybridized carbons (Fsp3) is 0.158. The van der Waals surface area contributed by atoms with Crippen LogP contribution in [0.25, 0.3) is 0 Å². The molecular weight excluding hydrogens is 423 g/mol. The van der Waals surface area contributed by atoms with Crippen molar-refractivity contribution in [2.24, 2.45) is 0 Å². The van der Waals surface area contributed by atoms with Crippen molar-refractivity contribution in [3.63, 3.8) is 0 Å². The summed E-state index contributed by atoms with van der Waals surface area (Å²) in [4.78, 5) is 24.3. The first-order valence-electron chi connectivity index (χ1n) is 8.14. The minimum absolute atomic E-state index is 0.0192. The molecule has 0 aromatic heterocycles. The number of halogens is 2. The second-order valence-electron chi connectivity index (χ2n) is 5.72. The summed E-state index contributed by atoms with van der Waals surface area (Å²) < 4.78 is 44.5. The Balaban J connectivity index is 2.08. The van der Waals surface area contributed by atoms with E-state index in [2.05, 4.69) is 16.0 Å². The van der Waals surface area contributed by atoms with E-state index in [1.54, 1.807) is 0 Å². The summed E-state index contributed by atoms with van der Waals surface area (Å²) in [5, 5.41) is 2.39. The zero-order valence-electron chi connectivity index (χ0n) is 15.1. The Labute approximate surface area is 172 Å². The number of amides is 1. The first kappa shape index (κ1) is 22.4. The molecule has 0 radical (unpaired) electrons. The fourth-order valence-corrected chi connectivity index (χ4v) is 3.31. The van der Waals surface area contributed by atoms with Crippen LogP contribution < -0.4 is 10.0 Å². The molecule has 0 aliphatic heterocycles. The van der Waals surface area contributed by atoms with Crippen molar-refractivity contribution in [3.05, 3.63) is 58.9 Å². The fourth-order valence-electron chi connectivity index (χ4n) is 2.12. The largest absolute Gasteiger partial charge is 0.449 e. The van der Waals surface area contributed by atoms with E-state index in [0.29, 0.717) is 0 Å². The molecule has 2 aromatic carbocycles. The van der Waals surface area contributed by atoms with Crippen molar-refractivity contribution in [1.82, 2.24) is 4.72 Å². The summed E-state index contributed by atoms with van der Waals surface area (Å²) in [5.41, 5.74) is 0.0710. The standard InChI is InChI=1S/C19H16ClFN2O5S/c1-3-9-22-29(26,27)15-6-4-5-13(10-15)19(25)28-12(2)18(24)23-17-8-7-14(21)11-16(17)20/h1,4-8,10-12,22H,9H2,2H3,(H,23,24). The molecule has 0 aliphatic rings. The summed E-state index contributed by atoms with van der Waals surface area (Å²) in [5.74, 6) is -0.0432. The van der Waals surface area contributed by atoms with E-state index < -0.39 is 33.8 Å². The summed E-state index contributed by atoms with van der Waals surface area (Å²) in [6.45, 7) is 1.11. The molecule has 2 N–H and O–H groups in total. The Bertz CT molecular complexity index is 1080. The highest BCUT2D eigenvalue weighted by Crippen LogP contribution is 2.22. The predicted octanol–water partition coefficient (Wildman–Crippen LogP) is 2.57. The van der Waals surface area contributed by atoms with Gasteiger partial charge in [-0.25, -0.2) is 17.6 Å². The van der Waals surface area contributed by atoms with E-state index in [4.69, 9.17) is 22.8 Å². The Morgan fingerprint density at radius 1 is 1.28 bits per heavy atom. The summed E-state index contributed by atoms with van der Waals surface area (Å²) in [6, 6.07) is 8.47. The number of terminal acetylenes is 1. The molecule has 152 valence electrons. The summed E-state index contributed by atoms with van der Waals surface area (Å²) >= 11 is 5.84. The molecule has 29 heavy (non-hydrogen) atoms. The van der Waals surface area contributed by atoms with Crippen molar-refractivity contribution < 1.29 is 27.1 Å². The van der Waals surface area contributed by atoms with Crippen molar-refractivity contribution in [1.29, 1.82) is 0 Å². The van der Waals surface area contributed by atoms with E-state index >= 15 is 0 Å². The van der Waals surface area contributed by atoms with Crippen LogP contribution in [0.4, 0.5) is 10.1 Å². The molecule has 1 atom stereocenters. The number of nitrogens with one attached hydrogen (secondary N) is 2. The molecule has 0 saturated heterocycles. The van der Waals surface area contributed by atoms with Gasteiger partial charge in [0.15, 0.2) is 6.10 Å². The molecule has 1 amide bonds. The second kappa shape index (κ2) is 9.52. The van der Waals surface area contributed by atoms with Gasteiger partial charge in [0.2, 0.25) is 10.0 Å². The van der Waals surface area contributed by atoms with Crippen LogP contribution >= 0.6 is 11.6 Å². The van der Waals surface area contributed by atoms with Gasteiger partial charge in [-0.15, -0.1) is 6.42 Å². The smallest absolute Gasteiger partial charge is 0.338 e. The molecule has 0 aliphatic carbocycles. The molecule has 0 heterocycles. The normalized spacial score (nSPS) is 11.9. The molecule has 0 saturated carbocycles. The van der Waals surface area contributed by atoms with Gasteiger partial charge < -0.3 is 10.1 Å². The van der Waals surface area contributed by atoms with Crippen molar-refractivity contribution in [2.45, 2.75) is 17.9 Å². The minimum atomic E-state index is -3.90. The SMILES string of the molecule is C#CCNS(=O)(=O)c1cccc(C(=O)OC(C)C(=O)Nc2ccc(F)cc2Cl)c1. The molecule has 10 heteroatoms. The maximum atomic E-state index is 13.1. The molecule has 7 nitrogen and oxygen atoms in total. The number of carbonyl (C=O) groups is 2. The highest BCUT2D eigenvalue weighted by molar-refractivity contribution is 7.89. The van der Waals surface area contributed by atoms with Crippen molar-refractivity contribution in [3.8, 4) is 12.3 Å². The Morgan fingerprint density at radius 3 is 2.66 bits per heavy atom. The molecule has 0 fully saturated rings. The number of ether oxygens (including phenoxy) is 1. The zero-order valence-corrected chi connectivity index (χ0v) is 16.7. The van der Waals surface area contributed by atoms with Gasteiger partial charge in [0, 0.05) is 0 Å². The molecule has 0 bridgehead atoms. The predicted molar refractivity (Wildman–Crippen MR) is 105 cm³/mol. The van der Waals surface area contributed by atoms with E-state index in [0.717, 1.165) is 18.2 Å². The van der Waals surface area contributed by atoms with Gasteiger partial charge >= 0.3 is 5.97 Å². The highest BCUT2D eigenvalue weighted by atomic mass is 35.5. The van der Waals surface area contributed by atoms with Gasteiger partial charge in [0.25, 0.3) is 5.91 Å². The van der Waals surface area contributed by atoms with Gasteiger partial charge in [-0.3, -0.25) is 4.79 Å². The molecule has 0 spiro atoms. The van der Waals surface area contributed by atoms with Crippen molar-refractivity contribution in [2.75, 3.05) is 11.9 Å². The lowest BCUT2D eigenvalue weighted by Crippen LogP contribution is -2.30. The lowest BCUT2D eigenvalue weighted by atomic mass is 10.2. The van der Waals surface area contributed by atoms with Crippen LogP contribution in [0.3, 0.4) is 0 Å². The van der Waals surface area contributed by atoms with E-state index in [1.165, 1.54) is 31.2 Å². The van der Waals surface area contributed by atoms with E-state index in [9.17, 15) is 22.4 Å². The number of esters is 1. The average molecular weight is 439 g/mol. The monoisotopic (exact) mass is 438 g/mol. The van der Waals surface area contributed by atoms with Crippen LogP contribution in [0, 0.1) is 18.2 Å². The summed E-state index contributed by atoms with van der Waals surface area (Å²) in [6.07, 6.45) is 3.80. The number of hydrogen-bond donors (Lipinski definition) is 2. The Morgan fingerprint density at radius 2 is 2.00 bits per heavy atom. The van der Waals surface area contributed by atoms with Crippen LogP contribution in [0.2, 0.25) is 5.02 Å². The lowest BCUT2D eigenvalue weighted by molar-refractivity contribution is -0.123. The van der Waals surface area contributed by atoms with Gasteiger partial charge in [-0.05, 0) is 43.3 Å². The number of carbonyl (C=O) groups excluding carboxylic acids is 2. The minimum Gasteiger partial charge on any atom is -0.449 e. The Kier molecular flexibility index (Phi) is 7.34. The third kappa shape index (κ3) is 6.02. The molecule has 2 aromatic rings. The molecular formula is C19H16ClFN2O5S. The van der Waals surface area contributed by atoms with Crippen molar-refractivity contribution >= 4 is 39.2 Å². The topological polar surface area (TPSA) is 102 Å². The van der Waals surface area contributed by atoms with Gasteiger partial charge in [-0.1, -0.05) is 23.6 Å². The first-order chi connectivity index (χ1) is 13.6.